The Morgan fingerprint density at radius 3 is 2.40 bits per heavy atom. The van der Waals surface area contributed by atoms with Crippen LogP contribution in [0.5, 0.6) is 0 Å². The largest absolute Gasteiger partial charge is 0.317 e. The molecule has 4 aromatic carbocycles. The minimum atomic E-state index is -0.558. The second-order valence-electron chi connectivity index (χ2n) is 13.8. The molecule has 0 radical (unpaired) electrons. The van der Waals surface area contributed by atoms with E-state index >= 15 is 0 Å². The highest BCUT2D eigenvalue weighted by Gasteiger charge is 2.41. The normalized spacial score (nSPS) is 19.4. The Morgan fingerprint density at radius 1 is 0.875 bits per heavy atom. The van der Waals surface area contributed by atoms with E-state index in [0.29, 0.717) is 11.8 Å². The fourth-order valence-electron chi connectivity index (χ4n) is 7.94. The highest BCUT2D eigenvalue weighted by molar-refractivity contribution is 5.84. The molecule has 1 heterocycles. The topological polar surface area (TPSA) is 17.0 Å². The lowest BCUT2D eigenvalue weighted by molar-refractivity contribution is 0.187. The average molecular weight is 627 g/mol. The number of fused-ring (bicyclic) bond motifs is 3. The van der Waals surface area contributed by atoms with E-state index < -0.39 is 5.66 Å². The molecule has 0 amide bonds. The average Bonchev–Trinajstić information content (AvgIpc) is 3.44. The molecule has 0 aliphatic heterocycles. The van der Waals surface area contributed by atoms with E-state index in [-0.39, 0.29) is 5.92 Å². The molecule has 3 unspecified atom stereocenters. The summed E-state index contributed by atoms with van der Waals surface area (Å²) in [4.78, 5) is 0. The van der Waals surface area contributed by atoms with Crippen LogP contribution in [0.25, 0.3) is 33.3 Å². The van der Waals surface area contributed by atoms with Crippen molar-refractivity contribution < 1.29 is 0 Å². The minimum Gasteiger partial charge on any atom is -0.317 e. The van der Waals surface area contributed by atoms with Crippen LogP contribution >= 0.6 is 0 Å². The van der Waals surface area contributed by atoms with Crippen LogP contribution in [0.3, 0.4) is 0 Å². The smallest absolute Gasteiger partial charge is 0.124 e. The molecule has 1 aromatic heterocycles. The maximum Gasteiger partial charge on any atom is 0.124 e. The zero-order valence-electron chi connectivity index (χ0n) is 28.7. The molecule has 240 valence electrons. The number of nitrogens with zero attached hydrogens (tertiary/aromatic N) is 1. The third kappa shape index (κ3) is 5.65. The summed E-state index contributed by atoms with van der Waals surface area (Å²) in [6, 6.07) is 33.2. The van der Waals surface area contributed by atoms with Crippen LogP contribution in [0.15, 0.2) is 152 Å². The lowest BCUT2D eigenvalue weighted by atomic mass is 9.76. The summed E-state index contributed by atoms with van der Waals surface area (Å²) in [5.74, 6) is 0.895. The Morgan fingerprint density at radius 2 is 1.60 bits per heavy atom. The van der Waals surface area contributed by atoms with Gasteiger partial charge in [0.05, 0.1) is 10.9 Å². The van der Waals surface area contributed by atoms with Crippen LogP contribution in [0.1, 0.15) is 37.5 Å². The predicted octanol–water partition coefficient (Wildman–Crippen LogP) is 9.44. The molecule has 0 saturated carbocycles. The summed E-state index contributed by atoms with van der Waals surface area (Å²) >= 11 is 0. The van der Waals surface area contributed by atoms with E-state index in [1.165, 1.54) is 60.1 Å². The molecule has 0 bridgehead atoms. The van der Waals surface area contributed by atoms with Gasteiger partial charge < -0.3 is 4.57 Å². The summed E-state index contributed by atoms with van der Waals surface area (Å²) in [6.45, 7) is 14.2. The summed E-state index contributed by atoms with van der Waals surface area (Å²) in [7, 11) is 0. The van der Waals surface area contributed by atoms with E-state index in [4.69, 9.17) is 0 Å². The molecule has 0 spiro atoms. The quantitative estimate of drug-likeness (QED) is 0.173. The second kappa shape index (κ2) is 13.3. The summed E-state index contributed by atoms with van der Waals surface area (Å²) in [6.07, 6.45) is 21.4. The molecule has 48 heavy (non-hydrogen) atoms. The number of benzene rings is 4. The predicted molar refractivity (Wildman–Crippen MR) is 206 cm³/mol. The van der Waals surface area contributed by atoms with Crippen LogP contribution in [0.2, 0.25) is 0 Å². The number of nitrogens with one attached hydrogen (secondary N) is 1. The number of aryl methyl sites for hydroxylation is 1. The van der Waals surface area contributed by atoms with Gasteiger partial charge in [0.1, 0.15) is 5.66 Å². The molecule has 2 aliphatic rings. The minimum absolute atomic E-state index is 0.200. The van der Waals surface area contributed by atoms with Crippen molar-refractivity contribution >= 4 is 33.3 Å². The van der Waals surface area contributed by atoms with Gasteiger partial charge in [0.15, 0.2) is 0 Å². The molecular formula is C46H46N2. The molecular weight excluding hydrogens is 581 g/mol. The van der Waals surface area contributed by atoms with Crippen LogP contribution in [0, 0.1) is 24.7 Å². The maximum absolute atomic E-state index is 4.26. The third-order valence-electron chi connectivity index (χ3n) is 10.4. The highest BCUT2D eigenvalue weighted by atomic mass is 15.2. The number of hydrogen-bond donors (Lipinski definition) is 1. The molecule has 1 N–H and O–H groups in total. The molecule has 2 aliphatic carbocycles. The van der Waals surface area contributed by atoms with Crippen LogP contribution < -0.4 is 15.9 Å². The molecule has 0 fully saturated rings. The zero-order valence-corrected chi connectivity index (χ0v) is 28.7. The maximum atomic E-state index is 4.26. The van der Waals surface area contributed by atoms with E-state index in [1.807, 2.05) is 6.08 Å². The zero-order chi connectivity index (χ0) is 33.3. The number of rotatable bonds is 9. The van der Waals surface area contributed by atoms with Crippen molar-refractivity contribution in [1.29, 1.82) is 0 Å². The Labute approximate surface area is 285 Å². The van der Waals surface area contributed by atoms with Crippen molar-refractivity contribution in [2.75, 3.05) is 0 Å². The van der Waals surface area contributed by atoms with E-state index in [0.717, 1.165) is 13.0 Å². The Balaban J connectivity index is 1.53. The lowest BCUT2D eigenvalue weighted by Gasteiger charge is -2.44. The van der Waals surface area contributed by atoms with Gasteiger partial charge in [-0.2, -0.15) is 0 Å². The van der Waals surface area contributed by atoms with Gasteiger partial charge in [-0.1, -0.05) is 154 Å². The molecule has 5 aromatic rings. The van der Waals surface area contributed by atoms with Crippen molar-refractivity contribution in [3.05, 3.63) is 179 Å². The first-order valence-electron chi connectivity index (χ1n) is 17.4. The fraction of sp³-hybridized carbons (Fsp3) is 0.217. The second-order valence-corrected chi connectivity index (χ2v) is 13.8. The summed E-state index contributed by atoms with van der Waals surface area (Å²) in [5, 5.41) is 10.5. The summed E-state index contributed by atoms with van der Waals surface area (Å²) < 4.78 is 2.65. The SMILES string of the molecule is C=C/C=c1\c(=C(\C)Cc2ccccc2C)n(C(NCc2ccc3ccccc3c2)(C2=CC3C=CC=CC3C=C2)C(C)C)c2ccccc12. The van der Waals surface area contributed by atoms with Crippen LogP contribution in [0.4, 0.5) is 0 Å². The molecule has 0 saturated heterocycles. The van der Waals surface area contributed by atoms with Crippen LogP contribution in [-0.4, -0.2) is 4.57 Å². The van der Waals surface area contributed by atoms with Crippen molar-refractivity contribution in [3.8, 4) is 0 Å². The van der Waals surface area contributed by atoms with Crippen molar-refractivity contribution in [2.45, 2.75) is 46.3 Å². The Bertz CT molecular complexity index is 2250. The number of para-hydroxylation sites is 1. The van der Waals surface area contributed by atoms with Gasteiger partial charge in [0.2, 0.25) is 0 Å². The first-order valence-corrected chi connectivity index (χ1v) is 17.4. The fourth-order valence-corrected chi connectivity index (χ4v) is 7.94. The van der Waals surface area contributed by atoms with Gasteiger partial charge in [-0.05, 0) is 76.9 Å². The Hall–Kier alpha value is -4.92. The number of allylic oxidation sites excluding steroid dienone is 7. The van der Waals surface area contributed by atoms with Gasteiger partial charge in [0, 0.05) is 29.0 Å². The number of hydrogen-bond acceptors (Lipinski definition) is 1. The van der Waals surface area contributed by atoms with Gasteiger partial charge in [-0.25, -0.2) is 0 Å². The monoisotopic (exact) mass is 626 g/mol. The third-order valence-corrected chi connectivity index (χ3v) is 10.4. The lowest BCUT2D eigenvalue weighted by Crippen LogP contribution is -2.57. The van der Waals surface area contributed by atoms with Crippen molar-refractivity contribution in [2.24, 2.45) is 17.8 Å². The van der Waals surface area contributed by atoms with E-state index in [9.17, 15) is 0 Å². The van der Waals surface area contributed by atoms with Crippen molar-refractivity contribution in [1.82, 2.24) is 9.88 Å². The van der Waals surface area contributed by atoms with Gasteiger partial charge in [0.25, 0.3) is 0 Å². The Kier molecular flexibility index (Phi) is 8.77. The van der Waals surface area contributed by atoms with E-state index in [1.54, 1.807) is 0 Å². The highest BCUT2D eigenvalue weighted by Crippen LogP contribution is 2.40. The van der Waals surface area contributed by atoms with E-state index in [2.05, 4.69) is 184 Å². The summed E-state index contributed by atoms with van der Waals surface area (Å²) in [5.41, 5.74) is 7.25. The van der Waals surface area contributed by atoms with Gasteiger partial charge >= 0.3 is 0 Å². The standard InChI is InChI=1S/C46H46N2/c1-6-15-43-42-22-13-14-23-44(42)48(45(43)34(5)28-38-19-8-7-16-33(38)4)46(32(2)3,41-27-26-37-18-10-12-21-40(37)30-41)47-31-35-24-25-36-17-9-11-20-39(36)29-35/h6-27,29-30,32,37,40,47H,1,28,31H2,2-5H3/b43-15-,45-34+. The van der Waals surface area contributed by atoms with Crippen LogP contribution in [-0.2, 0) is 18.6 Å². The molecule has 7 rings (SSSR count). The van der Waals surface area contributed by atoms with Gasteiger partial charge in [-0.15, -0.1) is 0 Å². The van der Waals surface area contributed by atoms with Crippen molar-refractivity contribution in [3.63, 3.8) is 0 Å². The molecule has 2 heteroatoms. The molecule has 3 atom stereocenters. The first kappa shape index (κ1) is 31.7. The number of aromatic nitrogens is 1. The van der Waals surface area contributed by atoms with Gasteiger partial charge in [-0.3, -0.25) is 5.32 Å². The first-order chi connectivity index (χ1) is 23.4. The molecule has 2 nitrogen and oxygen atoms in total.